The lowest BCUT2D eigenvalue weighted by atomic mass is 10.1. The first-order chi connectivity index (χ1) is 10.1. The second kappa shape index (κ2) is 7.46. The summed E-state index contributed by atoms with van der Waals surface area (Å²) < 4.78 is 0. The number of nitrogens with two attached hydrogens (primary N) is 1. The summed E-state index contributed by atoms with van der Waals surface area (Å²) in [7, 11) is 0. The molecule has 1 unspecified atom stereocenters. The van der Waals surface area contributed by atoms with E-state index in [1.165, 1.54) is 0 Å². The van der Waals surface area contributed by atoms with Gasteiger partial charge in [0.1, 0.15) is 0 Å². The molecule has 3 nitrogen and oxygen atoms in total. The number of halogens is 2. The number of rotatable bonds is 5. The second-order valence-electron chi connectivity index (χ2n) is 4.74. The molecule has 0 aliphatic rings. The number of hydrogen-bond acceptors (Lipinski definition) is 2. The number of nitrogens with one attached hydrogen (secondary N) is 1. The van der Waals surface area contributed by atoms with Crippen molar-refractivity contribution in [3.63, 3.8) is 0 Å². The van der Waals surface area contributed by atoms with Gasteiger partial charge in [0.25, 0.3) is 0 Å². The van der Waals surface area contributed by atoms with E-state index in [2.05, 4.69) is 5.32 Å². The fraction of sp³-hybridized carbons (Fsp3) is 0.188. The molecule has 21 heavy (non-hydrogen) atoms. The van der Waals surface area contributed by atoms with Crippen LogP contribution in [0.4, 0.5) is 5.69 Å². The molecule has 0 radical (unpaired) electrons. The molecule has 1 atom stereocenters. The van der Waals surface area contributed by atoms with Gasteiger partial charge in [-0.3, -0.25) is 4.79 Å². The topological polar surface area (TPSA) is 55.1 Å². The molecule has 3 N–H and O–H groups in total. The predicted octanol–water partition coefficient (Wildman–Crippen LogP) is 3.89. The molecule has 0 heterocycles. The van der Waals surface area contributed by atoms with Gasteiger partial charge in [-0.25, -0.2) is 0 Å². The third-order valence-electron chi connectivity index (χ3n) is 3.11. The monoisotopic (exact) mass is 322 g/mol. The van der Waals surface area contributed by atoms with Crippen LogP contribution < -0.4 is 11.1 Å². The van der Waals surface area contributed by atoms with Crippen LogP contribution in [0.5, 0.6) is 0 Å². The van der Waals surface area contributed by atoms with Gasteiger partial charge in [-0.15, -0.1) is 0 Å². The summed E-state index contributed by atoms with van der Waals surface area (Å²) in [6.45, 7) is 0. The van der Waals surface area contributed by atoms with Gasteiger partial charge >= 0.3 is 0 Å². The molecule has 5 heteroatoms. The van der Waals surface area contributed by atoms with E-state index in [1.54, 1.807) is 18.2 Å². The normalized spacial score (nSPS) is 12.0. The Morgan fingerprint density at radius 3 is 2.52 bits per heavy atom. The largest absolute Gasteiger partial charge is 0.323 e. The molecule has 110 valence electrons. The highest BCUT2D eigenvalue weighted by Gasteiger charge is 2.14. The standard InChI is InChI=1S/C16H16Cl2N2O/c17-12-7-9-15(13(18)10-12)20-16(21)14(19)8-6-11-4-2-1-3-5-11/h1-5,7,9-10,14H,6,8,19H2,(H,20,21). The molecular formula is C16H16Cl2N2O. The second-order valence-corrected chi connectivity index (χ2v) is 5.59. The Morgan fingerprint density at radius 2 is 1.86 bits per heavy atom. The first-order valence-corrected chi connectivity index (χ1v) is 7.37. The molecule has 2 rings (SSSR count). The molecule has 0 bridgehead atoms. The molecule has 1 amide bonds. The van der Waals surface area contributed by atoms with Crippen molar-refractivity contribution < 1.29 is 4.79 Å². The summed E-state index contributed by atoms with van der Waals surface area (Å²) in [6.07, 6.45) is 1.32. The van der Waals surface area contributed by atoms with Gasteiger partial charge in [0.05, 0.1) is 16.8 Å². The molecule has 0 fully saturated rings. The Morgan fingerprint density at radius 1 is 1.14 bits per heavy atom. The van der Waals surface area contributed by atoms with Gasteiger partial charge in [-0.2, -0.15) is 0 Å². The van der Waals surface area contributed by atoms with Crippen LogP contribution in [0.1, 0.15) is 12.0 Å². The van der Waals surface area contributed by atoms with Crippen LogP contribution in [-0.2, 0) is 11.2 Å². The van der Waals surface area contributed by atoms with Crippen LogP contribution in [0.15, 0.2) is 48.5 Å². The number of aryl methyl sites for hydroxylation is 1. The van der Waals surface area contributed by atoms with Crippen LogP contribution >= 0.6 is 23.2 Å². The van der Waals surface area contributed by atoms with Crippen LogP contribution in [0, 0.1) is 0 Å². The summed E-state index contributed by atoms with van der Waals surface area (Å²) >= 11 is 11.8. The smallest absolute Gasteiger partial charge is 0.241 e. The van der Waals surface area contributed by atoms with Crippen molar-refractivity contribution in [1.29, 1.82) is 0 Å². The zero-order chi connectivity index (χ0) is 15.2. The highest BCUT2D eigenvalue weighted by Crippen LogP contribution is 2.25. The number of amides is 1. The van der Waals surface area contributed by atoms with Gasteiger partial charge in [-0.1, -0.05) is 53.5 Å². The molecule has 0 aromatic heterocycles. The fourth-order valence-corrected chi connectivity index (χ4v) is 2.37. The van der Waals surface area contributed by atoms with Crippen molar-refractivity contribution in [2.75, 3.05) is 5.32 Å². The third-order valence-corrected chi connectivity index (χ3v) is 3.66. The Kier molecular flexibility index (Phi) is 5.62. The number of carbonyl (C=O) groups excluding carboxylic acids is 1. The number of carbonyl (C=O) groups is 1. The third kappa shape index (κ3) is 4.74. The summed E-state index contributed by atoms with van der Waals surface area (Å²) in [5, 5.41) is 3.63. The maximum Gasteiger partial charge on any atom is 0.241 e. The maximum absolute atomic E-state index is 12.0. The van der Waals surface area contributed by atoms with Crippen molar-refractivity contribution in [2.24, 2.45) is 5.73 Å². The summed E-state index contributed by atoms with van der Waals surface area (Å²) in [4.78, 5) is 12.0. The zero-order valence-corrected chi connectivity index (χ0v) is 12.9. The van der Waals surface area contributed by atoms with E-state index < -0.39 is 6.04 Å². The van der Waals surface area contributed by atoms with Crippen LogP contribution in [0.2, 0.25) is 10.0 Å². The average molecular weight is 323 g/mol. The lowest BCUT2D eigenvalue weighted by molar-refractivity contribution is -0.117. The summed E-state index contributed by atoms with van der Waals surface area (Å²) in [5.74, 6) is -0.254. The van der Waals surface area contributed by atoms with Crippen LogP contribution in [0.25, 0.3) is 0 Å². The number of anilines is 1. The van der Waals surface area contributed by atoms with Gasteiger partial charge in [0.2, 0.25) is 5.91 Å². The molecule has 0 saturated heterocycles. The minimum absolute atomic E-state index is 0.254. The first kappa shape index (κ1) is 15.8. The first-order valence-electron chi connectivity index (χ1n) is 6.61. The molecule has 0 saturated carbocycles. The Bertz CT molecular complexity index is 617. The van der Waals surface area contributed by atoms with Crippen molar-refractivity contribution in [3.05, 3.63) is 64.1 Å². The highest BCUT2D eigenvalue weighted by molar-refractivity contribution is 6.36. The van der Waals surface area contributed by atoms with Gasteiger partial charge in [-0.05, 0) is 36.6 Å². The molecular weight excluding hydrogens is 307 g/mol. The molecule has 0 spiro atoms. The Labute approximate surface area is 134 Å². The lowest BCUT2D eigenvalue weighted by Gasteiger charge is -2.13. The van der Waals surface area contributed by atoms with E-state index >= 15 is 0 Å². The minimum Gasteiger partial charge on any atom is -0.323 e. The Hall–Kier alpha value is -1.55. The SMILES string of the molecule is NC(CCc1ccccc1)C(=O)Nc1ccc(Cl)cc1Cl. The van der Waals surface area contributed by atoms with Crippen molar-refractivity contribution in [2.45, 2.75) is 18.9 Å². The molecule has 0 aliphatic carbocycles. The van der Waals surface area contributed by atoms with E-state index in [-0.39, 0.29) is 5.91 Å². The molecule has 2 aromatic carbocycles. The molecule has 2 aromatic rings. The molecule has 0 aliphatic heterocycles. The summed E-state index contributed by atoms with van der Waals surface area (Å²) in [6, 6.07) is 14.2. The quantitative estimate of drug-likeness (QED) is 0.877. The van der Waals surface area contributed by atoms with Crippen molar-refractivity contribution in [1.82, 2.24) is 0 Å². The van der Waals surface area contributed by atoms with E-state index in [4.69, 9.17) is 28.9 Å². The van der Waals surface area contributed by atoms with Crippen molar-refractivity contribution in [3.8, 4) is 0 Å². The number of benzene rings is 2. The van der Waals surface area contributed by atoms with E-state index in [0.29, 0.717) is 22.2 Å². The van der Waals surface area contributed by atoms with Gasteiger partial charge < -0.3 is 11.1 Å². The Balaban J connectivity index is 1.90. The van der Waals surface area contributed by atoms with E-state index in [1.807, 2.05) is 30.3 Å². The average Bonchev–Trinajstić information content (AvgIpc) is 2.48. The maximum atomic E-state index is 12.0. The van der Waals surface area contributed by atoms with E-state index in [0.717, 1.165) is 12.0 Å². The minimum atomic E-state index is -0.586. The van der Waals surface area contributed by atoms with Crippen LogP contribution in [-0.4, -0.2) is 11.9 Å². The van der Waals surface area contributed by atoms with Gasteiger partial charge in [0.15, 0.2) is 0 Å². The fourth-order valence-electron chi connectivity index (χ4n) is 1.91. The lowest BCUT2D eigenvalue weighted by Crippen LogP contribution is -2.36. The van der Waals surface area contributed by atoms with Crippen molar-refractivity contribution >= 4 is 34.8 Å². The highest BCUT2D eigenvalue weighted by atomic mass is 35.5. The summed E-state index contributed by atoms with van der Waals surface area (Å²) in [5.41, 5.74) is 7.58. The number of hydrogen-bond donors (Lipinski definition) is 2. The predicted molar refractivity (Wildman–Crippen MR) is 87.8 cm³/mol. The van der Waals surface area contributed by atoms with Crippen LogP contribution in [0.3, 0.4) is 0 Å². The zero-order valence-electron chi connectivity index (χ0n) is 11.4. The van der Waals surface area contributed by atoms with Gasteiger partial charge in [0, 0.05) is 5.02 Å². The van der Waals surface area contributed by atoms with E-state index in [9.17, 15) is 4.79 Å².